The number of hydrazine groups is 1. The Morgan fingerprint density at radius 3 is 2.20 bits per heavy atom. The molecule has 0 spiro atoms. The summed E-state index contributed by atoms with van der Waals surface area (Å²) in [7, 11) is 0. The number of nitrogens with zero attached hydrogens (tertiary/aromatic N) is 1. The second-order valence-corrected chi connectivity index (χ2v) is 1.96. The van der Waals surface area contributed by atoms with Gasteiger partial charge in [0.05, 0.1) is 0 Å². The van der Waals surface area contributed by atoms with E-state index in [1.165, 1.54) is 0 Å². The van der Waals surface area contributed by atoms with Crippen molar-refractivity contribution in [3.63, 3.8) is 0 Å². The Morgan fingerprint density at radius 1 is 2.00 bits per heavy atom. The van der Waals surface area contributed by atoms with Crippen molar-refractivity contribution in [1.29, 1.82) is 0 Å². The van der Waals surface area contributed by atoms with Crippen LogP contribution in [0.15, 0.2) is 0 Å². The van der Waals surface area contributed by atoms with Crippen molar-refractivity contribution in [2.45, 2.75) is 6.92 Å². The van der Waals surface area contributed by atoms with Crippen LogP contribution in [-0.2, 0) is 0 Å². The van der Waals surface area contributed by atoms with Crippen LogP contribution in [0.2, 0.25) is 0 Å². The average molecular weight is 186 g/mol. The molecule has 0 aromatic rings. The van der Waals surface area contributed by atoms with E-state index in [0.29, 0.717) is 0 Å². The first-order chi connectivity index (χ1) is 2.27. The number of halogens is 1. The van der Waals surface area contributed by atoms with Crippen LogP contribution in [-0.4, -0.2) is 9.77 Å². The van der Waals surface area contributed by atoms with Crippen LogP contribution in [0.25, 0.3) is 0 Å². The summed E-state index contributed by atoms with van der Waals surface area (Å²) < 4.78 is 1.60. The molecule has 0 unspecified atom stereocenters. The van der Waals surface area contributed by atoms with E-state index >= 15 is 0 Å². The van der Waals surface area contributed by atoms with E-state index < -0.39 is 0 Å². The minimum atomic E-state index is 0.903. The largest absolute Gasteiger partial charge is 0.260 e. The van der Waals surface area contributed by atoms with Gasteiger partial charge >= 0.3 is 0 Å². The van der Waals surface area contributed by atoms with Crippen LogP contribution in [0, 0.1) is 0 Å². The normalized spacial score (nSPS) is 9.60. The topological polar surface area (TPSA) is 29.3 Å². The Hall–Kier alpha value is 0.650. The van der Waals surface area contributed by atoms with Crippen LogP contribution >= 0.6 is 22.9 Å². The highest BCUT2D eigenvalue weighted by Crippen LogP contribution is 1.82. The zero-order valence-electron chi connectivity index (χ0n) is 3.11. The zero-order valence-corrected chi connectivity index (χ0v) is 5.27. The molecule has 0 fully saturated rings. The van der Waals surface area contributed by atoms with E-state index in [2.05, 4.69) is 0 Å². The summed E-state index contributed by atoms with van der Waals surface area (Å²) in [6, 6.07) is 0. The number of rotatable bonds is 1. The maximum atomic E-state index is 5.11. The Kier molecular flexibility index (Phi) is 3.24. The van der Waals surface area contributed by atoms with Crippen LogP contribution in [0.4, 0.5) is 0 Å². The standard InChI is InChI=1S/C2H7IN2/c1-2-5(3)4/h2,4H2,1H3. The van der Waals surface area contributed by atoms with Gasteiger partial charge in [-0.2, -0.15) is 3.22 Å². The summed E-state index contributed by atoms with van der Waals surface area (Å²) in [5.41, 5.74) is 0. The predicted molar refractivity (Wildman–Crippen MR) is 30.6 cm³/mol. The minimum Gasteiger partial charge on any atom is -0.260 e. The molecule has 2 nitrogen and oxygen atoms in total. The van der Waals surface area contributed by atoms with Gasteiger partial charge in [0.2, 0.25) is 0 Å². The fraction of sp³-hybridized carbons (Fsp3) is 1.00. The van der Waals surface area contributed by atoms with E-state index in [1.807, 2.05) is 29.8 Å². The van der Waals surface area contributed by atoms with Crippen molar-refractivity contribution < 1.29 is 0 Å². The molecule has 0 aliphatic heterocycles. The van der Waals surface area contributed by atoms with Crippen molar-refractivity contribution in [1.82, 2.24) is 3.22 Å². The number of nitrogens with two attached hydrogens (primary N) is 1. The molecule has 2 N–H and O–H groups in total. The first-order valence-corrected chi connectivity index (χ1v) is 2.42. The van der Waals surface area contributed by atoms with E-state index in [4.69, 9.17) is 5.84 Å². The molecule has 0 saturated carbocycles. The lowest BCUT2D eigenvalue weighted by molar-refractivity contribution is 0.572. The van der Waals surface area contributed by atoms with Gasteiger partial charge in [-0.05, 0) is 0 Å². The highest BCUT2D eigenvalue weighted by atomic mass is 127. The molecule has 0 aliphatic rings. The van der Waals surface area contributed by atoms with Crippen molar-refractivity contribution in [2.24, 2.45) is 5.84 Å². The lowest BCUT2D eigenvalue weighted by Gasteiger charge is -1.96. The highest BCUT2D eigenvalue weighted by Gasteiger charge is 1.75. The fourth-order valence-electron chi connectivity index (χ4n) is 0. The Balaban J connectivity index is 2.54. The van der Waals surface area contributed by atoms with Gasteiger partial charge in [-0.3, -0.25) is 5.84 Å². The molecule has 0 rings (SSSR count). The molecular weight excluding hydrogens is 179 g/mol. The smallest absolute Gasteiger partial charge is 0.0364 e. The molecule has 0 radical (unpaired) electrons. The molecule has 0 aromatic heterocycles. The SMILES string of the molecule is CCN(N)I. The van der Waals surface area contributed by atoms with Crippen molar-refractivity contribution in [2.75, 3.05) is 6.54 Å². The second kappa shape index (κ2) is 2.87. The first-order valence-electron chi connectivity index (χ1n) is 1.45. The number of hydrogen-bond donors (Lipinski definition) is 1. The molecular formula is C2H7IN2. The molecule has 0 saturated heterocycles. The van der Waals surface area contributed by atoms with E-state index in [0.717, 1.165) is 6.54 Å². The first kappa shape index (κ1) is 5.65. The second-order valence-electron chi connectivity index (χ2n) is 0.716. The van der Waals surface area contributed by atoms with Crippen molar-refractivity contribution >= 4 is 22.9 Å². The van der Waals surface area contributed by atoms with Gasteiger partial charge in [0.15, 0.2) is 0 Å². The summed E-state index contributed by atoms with van der Waals surface area (Å²) in [6.45, 7) is 2.90. The van der Waals surface area contributed by atoms with E-state index in [9.17, 15) is 0 Å². The van der Waals surface area contributed by atoms with Gasteiger partial charge in [-0.15, -0.1) is 0 Å². The predicted octanol–water partition coefficient (Wildman–Crippen LogP) is 0.532. The van der Waals surface area contributed by atoms with Gasteiger partial charge in [-0.1, -0.05) is 6.92 Å². The van der Waals surface area contributed by atoms with Gasteiger partial charge < -0.3 is 0 Å². The third-order valence-electron chi connectivity index (χ3n) is 0.302. The molecule has 0 bridgehead atoms. The monoisotopic (exact) mass is 186 g/mol. The maximum absolute atomic E-state index is 5.11. The van der Waals surface area contributed by atoms with Gasteiger partial charge in [0, 0.05) is 29.4 Å². The fourth-order valence-corrected chi connectivity index (χ4v) is 0. The molecule has 5 heavy (non-hydrogen) atoms. The molecule has 3 heteroatoms. The van der Waals surface area contributed by atoms with E-state index in [-0.39, 0.29) is 0 Å². The Bertz CT molecular complexity index is 21.6. The Labute approximate surface area is 45.8 Å². The third kappa shape index (κ3) is 4.65. The molecule has 0 amide bonds. The van der Waals surface area contributed by atoms with Crippen molar-refractivity contribution in [3.05, 3.63) is 0 Å². The quantitative estimate of drug-likeness (QED) is 0.280. The summed E-state index contributed by atoms with van der Waals surface area (Å²) in [5.74, 6) is 5.11. The highest BCUT2D eigenvalue weighted by molar-refractivity contribution is 14.1. The molecule has 32 valence electrons. The molecule has 0 aromatic carbocycles. The number of hydrogen-bond acceptors (Lipinski definition) is 2. The van der Waals surface area contributed by atoms with Crippen LogP contribution < -0.4 is 5.84 Å². The molecule has 0 aliphatic carbocycles. The van der Waals surface area contributed by atoms with Gasteiger partial charge in [0.25, 0.3) is 0 Å². The van der Waals surface area contributed by atoms with Crippen LogP contribution in [0.5, 0.6) is 0 Å². The lowest BCUT2D eigenvalue weighted by atomic mass is 10.8. The third-order valence-corrected chi connectivity index (χ3v) is 0.984. The van der Waals surface area contributed by atoms with E-state index in [1.54, 1.807) is 3.22 Å². The summed E-state index contributed by atoms with van der Waals surface area (Å²) in [6.07, 6.45) is 0. The summed E-state index contributed by atoms with van der Waals surface area (Å²) >= 11 is 2.02. The van der Waals surface area contributed by atoms with Gasteiger partial charge in [-0.25, -0.2) is 0 Å². The summed E-state index contributed by atoms with van der Waals surface area (Å²) in [4.78, 5) is 0. The summed E-state index contributed by atoms with van der Waals surface area (Å²) in [5, 5.41) is 0. The average Bonchev–Trinajstić information content (AvgIpc) is 1.38. The van der Waals surface area contributed by atoms with Gasteiger partial charge in [0.1, 0.15) is 0 Å². The maximum Gasteiger partial charge on any atom is 0.0364 e. The lowest BCUT2D eigenvalue weighted by Crippen LogP contribution is -2.17. The van der Waals surface area contributed by atoms with Crippen LogP contribution in [0.3, 0.4) is 0 Å². The molecule has 0 atom stereocenters. The minimum absolute atomic E-state index is 0.903. The van der Waals surface area contributed by atoms with Crippen molar-refractivity contribution in [3.8, 4) is 0 Å². The molecule has 0 heterocycles. The Morgan fingerprint density at radius 2 is 2.20 bits per heavy atom. The van der Waals surface area contributed by atoms with Crippen LogP contribution in [0.1, 0.15) is 6.92 Å². The zero-order chi connectivity index (χ0) is 4.28.